The third-order valence-electron chi connectivity index (χ3n) is 3.05. The zero-order chi connectivity index (χ0) is 11.6. The fourth-order valence-electron chi connectivity index (χ4n) is 2.23. The Labute approximate surface area is 95.5 Å². The molecule has 4 rings (SSSR count). The number of epoxide rings is 1. The highest BCUT2D eigenvalue weighted by molar-refractivity contribution is 5.87. The van der Waals surface area contributed by atoms with Crippen molar-refractivity contribution < 1.29 is 18.6 Å². The van der Waals surface area contributed by atoms with Crippen molar-refractivity contribution in [1.82, 2.24) is 0 Å². The molecule has 2 atom stereocenters. The molecule has 2 aromatic rings. The molecule has 0 N–H and O–H groups in total. The van der Waals surface area contributed by atoms with E-state index in [4.69, 9.17) is 18.6 Å². The topological polar surface area (TPSA) is 61.2 Å². The summed E-state index contributed by atoms with van der Waals surface area (Å²) >= 11 is 0. The second-order valence-electron chi connectivity index (χ2n) is 4.04. The molecule has 0 bridgehead atoms. The first-order valence-electron chi connectivity index (χ1n) is 5.25. The van der Waals surface area contributed by atoms with Crippen molar-refractivity contribution in [2.24, 2.45) is 0 Å². The summed E-state index contributed by atoms with van der Waals surface area (Å²) in [5.41, 5.74) is 0.961. The predicted octanol–water partition coefficient (Wildman–Crippen LogP) is 1.59. The highest BCUT2D eigenvalue weighted by atomic mass is 16.8. The molecule has 0 saturated carbocycles. The van der Waals surface area contributed by atoms with E-state index >= 15 is 0 Å². The quantitative estimate of drug-likeness (QED) is 0.552. The third-order valence-corrected chi connectivity index (χ3v) is 3.05. The Morgan fingerprint density at radius 2 is 2.24 bits per heavy atom. The number of methoxy groups -OCH3 is 1. The molecule has 3 heterocycles. The minimum atomic E-state index is -0.407. The van der Waals surface area contributed by atoms with Crippen molar-refractivity contribution in [2.45, 2.75) is 12.4 Å². The van der Waals surface area contributed by atoms with Crippen molar-refractivity contribution in [3.63, 3.8) is 0 Å². The molecular formula is C12H8O5. The number of hydrogen-bond acceptors (Lipinski definition) is 5. The molecule has 17 heavy (non-hydrogen) atoms. The number of fused-ring (bicyclic) bond motifs is 4. The minimum Gasteiger partial charge on any atom is -0.490 e. The molecule has 2 aliphatic heterocycles. The van der Waals surface area contributed by atoms with E-state index in [1.54, 1.807) is 6.07 Å². The van der Waals surface area contributed by atoms with Crippen molar-refractivity contribution in [2.75, 3.05) is 7.11 Å². The lowest BCUT2D eigenvalue weighted by molar-refractivity contribution is 0.165. The molecule has 0 spiro atoms. The fraction of sp³-hybridized carbons (Fsp3) is 0.250. The normalized spacial score (nSPS) is 24.1. The van der Waals surface area contributed by atoms with E-state index in [2.05, 4.69) is 0 Å². The van der Waals surface area contributed by atoms with Crippen LogP contribution in [-0.4, -0.2) is 13.4 Å². The van der Waals surface area contributed by atoms with Gasteiger partial charge >= 0.3 is 5.63 Å². The van der Waals surface area contributed by atoms with Gasteiger partial charge in [0.05, 0.1) is 7.11 Å². The van der Waals surface area contributed by atoms with Crippen molar-refractivity contribution in [1.29, 1.82) is 0 Å². The second-order valence-corrected chi connectivity index (χ2v) is 4.04. The monoisotopic (exact) mass is 232 g/mol. The molecule has 1 aromatic heterocycles. The molecule has 0 radical (unpaired) electrons. The van der Waals surface area contributed by atoms with Gasteiger partial charge in [-0.2, -0.15) is 0 Å². The molecule has 5 nitrogen and oxygen atoms in total. The van der Waals surface area contributed by atoms with Crippen LogP contribution in [0.4, 0.5) is 0 Å². The van der Waals surface area contributed by atoms with E-state index in [0.717, 1.165) is 10.9 Å². The van der Waals surface area contributed by atoms with Gasteiger partial charge in [-0.1, -0.05) is 0 Å². The van der Waals surface area contributed by atoms with Gasteiger partial charge in [0.25, 0.3) is 0 Å². The van der Waals surface area contributed by atoms with Gasteiger partial charge < -0.3 is 18.6 Å². The summed E-state index contributed by atoms with van der Waals surface area (Å²) < 4.78 is 21.3. The van der Waals surface area contributed by atoms with Crippen LogP contribution in [0.3, 0.4) is 0 Å². The molecule has 5 heteroatoms. The Kier molecular flexibility index (Phi) is 1.50. The first-order valence-corrected chi connectivity index (χ1v) is 5.25. The summed E-state index contributed by atoms with van der Waals surface area (Å²) in [5, 5.41) is 0.806. The molecule has 0 aliphatic carbocycles. The summed E-state index contributed by atoms with van der Waals surface area (Å²) in [6, 6.07) is 5.00. The molecule has 1 saturated heterocycles. The van der Waals surface area contributed by atoms with Crippen LogP contribution in [-0.2, 0) is 4.74 Å². The highest BCUT2D eigenvalue weighted by Gasteiger charge is 2.52. The van der Waals surface area contributed by atoms with Crippen LogP contribution in [0.2, 0.25) is 0 Å². The standard InChI is InChI=1S/C12H8O5/c1-14-11-8-5(2-3-7(13)15-8)4-6-9(11)16-12-10(6)17-12/h2-4,10,12H,1H3. The zero-order valence-corrected chi connectivity index (χ0v) is 8.93. The van der Waals surface area contributed by atoms with Gasteiger partial charge in [0.2, 0.25) is 12.0 Å². The fourth-order valence-corrected chi connectivity index (χ4v) is 2.23. The highest BCUT2D eigenvalue weighted by Crippen LogP contribution is 2.55. The van der Waals surface area contributed by atoms with Crippen molar-refractivity contribution >= 4 is 11.0 Å². The van der Waals surface area contributed by atoms with Gasteiger partial charge in [-0.3, -0.25) is 0 Å². The predicted molar refractivity (Wildman–Crippen MR) is 57.3 cm³/mol. The Balaban J connectivity index is 2.12. The summed E-state index contributed by atoms with van der Waals surface area (Å²) in [6.45, 7) is 0. The van der Waals surface area contributed by atoms with Crippen LogP contribution in [0.25, 0.3) is 11.0 Å². The lowest BCUT2D eigenvalue weighted by Gasteiger charge is -2.10. The van der Waals surface area contributed by atoms with E-state index in [9.17, 15) is 4.79 Å². The maximum absolute atomic E-state index is 11.2. The van der Waals surface area contributed by atoms with Crippen molar-refractivity contribution in [3.05, 3.63) is 34.2 Å². The van der Waals surface area contributed by atoms with E-state index < -0.39 is 5.63 Å². The number of rotatable bonds is 1. The Morgan fingerprint density at radius 1 is 1.35 bits per heavy atom. The van der Waals surface area contributed by atoms with E-state index in [1.807, 2.05) is 6.07 Å². The lowest BCUT2D eigenvalue weighted by atomic mass is 10.1. The molecule has 0 amide bonds. The average molecular weight is 232 g/mol. The Bertz CT molecular complexity index is 687. The van der Waals surface area contributed by atoms with E-state index in [1.165, 1.54) is 13.2 Å². The zero-order valence-electron chi connectivity index (χ0n) is 8.93. The average Bonchev–Trinajstić information content (AvgIpc) is 3.00. The van der Waals surface area contributed by atoms with Gasteiger partial charge in [0, 0.05) is 17.0 Å². The SMILES string of the molecule is COc1c2c(cc3ccc(=O)oc13)C1OC1O2. The summed E-state index contributed by atoms with van der Waals surface area (Å²) in [5.74, 6) is 1.08. The maximum atomic E-state index is 11.2. The number of benzene rings is 1. The maximum Gasteiger partial charge on any atom is 0.336 e. The molecular weight excluding hydrogens is 224 g/mol. The van der Waals surface area contributed by atoms with Gasteiger partial charge in [-0.15, -0.1) is 0 Å². The van der Waals surface area contributed by atoms with Crippen LogP contribution in [0.5, 0.6) is 11.5 Å². The first kappa shape index (κ1) is 9.07. The Morgan fingerprint density at radius 3 is 3.06 bits per heavy atom. The largest absolute Gasteiger partial charge is 0.490 e. The smallest absolute Gasteiger partial charge is 0.336 e. The molecule has 2 unspecified atom stereocenters. The summed E-state index contributed by atoms with van der Waals surface area (Å²) in [4.78, 5) is 11.2. The van der Waals surface area contributed by atoms with Crippen LogP contribution in [0, 0.1) is 0 Å². The van der Waals surface area contributed by atoms with Crippen molar-refractivity contribution in [3.8, 4) is 11.5 Å². The molecule has 1 aromatic carbocycles. The number of hydrogen-bond donors (Lipinski definition) is 0. The van der Waals surface area contributed by atoms with Gasteiger partial charge in [-0.25, -0.2) is 4.79 Å². The summed E-state index contributed by atoms with van der Waals surface area (Å²) in [7, 11) is 1.52. The number of ether oxygens (including phenoxy) is 3. The third kappa shape index (κ3) is 1.09. The second kappa shape index (κ2) is 2.81. The van der Waals surface area contributed by atoms with Crippen LogP contribution < -0.4 is 15.1 Å². The lowest BCUT2D eigenvalue weighted by Crippen LogP contribution is -2.00. The van der Waals surface area contributed by atoms with E-state index in [0.29, 0.717) is 17.1 Å². The first-order chi connectivity index (χ1) is 8.28. The van der Waals surface area contributed by atoms with Crippen LogP contribution in [0.15, 0.2) is 27.4 Å². The molecule has 86 valence electrons. The summed E-state index contributed by atoms with van der Waals surface area (Å²) in [6.07, 6.45) is -0.210. The van der Waals surface area contributed by atoms with Gasteiger partial charge in [0.15, 0.2) is 17.4 Å². The molecule has 2 aliphatic rings. The Hall–Kier alpha value is -2.01. The van der Waals surface area contributed by atoms with E-state index in [-0.39, 0.29) is 12.4 Å². The molecule has 1 fully saturated rings. The minimum absolute atomic E-state index is 0.00442. The van der Waals surface area contributed by atoms with Crippen LogP contribution >= 0.6 is 0 Å². The van der Waals surface area contributed by atoms with Gasteiger partial charge in [-0.05, 0) is 12.1 Å². The van der Waals surface area contributed by atoms with Crippen LogP contribution in [0.1, 0.15) is 11.7 Å². The van der Waals surface area contributed by atoms with Gasteiger partial charge in [0.1, 0.15) is 0 Å².